The zero-order valence-corrected chi connectivity index (χ0v) is 11.4. The predicted octanol–water partition coefficient (Wildman–Crippen LogP) is 3.23. The molecule has 5 nitrogen and oxygen atoms in total. The summed E-state index contributed by atoms with van der Waals surface area (Å²) < 4.78 is 0.904. The number of aromatic amines is 1. The zero-order valence-electron chi connectivity index (χ0n) is 10.5. The summed E-state index contributed by atoms with van der Waals surface area (Å²) in [6, 6.07) is 0. The van der Waals surface area contributed by atoms with Crippen molar-refractivity contribution >= 4 is 33.3 Å². The third kappa shape index (κ3) is 2.33. The molecule has 18 heavy (non-hydrogen) atoms. The van der Waals surface area contributed by atoms with Crippen LogP contribution < -0.4 is 5.32 Å². The molecule has 0 spiro atoms. The van der Waals surface area contributed by atoms with E-state index in [4.69, 9.17) is 5.11 Å². The second kappa shape index (κ2) is 5.39. The van der Waals surface area contributed by atoms with E-state index >= 15 is 0 Å². The lowest BCUT2D eigenvalue weighted by Crippen LogP contribution is -2.01. The monoisotopic (exact) mass is 267 g/mol. The Bertz CT molecular complexity index is 559. The van der Waals surface area contributed by atoms with Crippen LogP contribution in [0.3, 0.4) is 0 Å². The molecule has 0 aliphatic carbocycles. The smallest absolute Gasteiger partial charge is 0.346 e. The van der Waals surface area contributed by atoms with Crippen molar-refractivity contribution in [1.29, 1.82) is 0 Å². The molecule has 0 aliphatic rings. The first-order chi connectivity index (χ1) is 8.65. The van der Waals surface area contributed by atoms with E-state index in [0.29, 0.717) is 4.88 Å². The number of hydrogen-bond acceptors (Lipinski definition) is 4. The SMILES string of the molecule is CCCCCNc1n[nH]c2c(C)c(C(=O)O)sc12. The molecule has 2 rings (SSSR count). The molecule has 2 aromatic rings. The summed E-state index contributed by atoms with van der Waals surface area (Å²) >= 11 is 1.27. The molecule has 2 aromatic heterocycles. The molecule has 0 amide bonds. The standard InChI is InChI=1S/C12H17N3O2S/c1-3-4-5-6-13-11-10-8(14-15-11)7(2)9(18-10)12(16)17/h3-6H2,1-2H3,(H,16,17)(H2,13,14,15). The van der Waals surface area contributed by atoms with Crippen molar-refractivity contribution in [3.8, 4) is 0 Å². The van der Waals surface area contributed by atoms with Gasteiger partial charge in [-0.2, -0.15) is 5.10 Å². The number of hydrogen-bond donors (Lipinski definition) is 3. The van der Waals surface area contributed by atoms with Crippen molar-refractivity contribution in [1.82, 2.24) is 10.2 Å². The highest BCUT2D eigenvalue weighted by molar-refractivity contribution is 7.21. The largest absolute Gasteiger partial charge is 0.477 e. The number of unbranched alkanes of at least 4 members (excludes halogenated alkanes) is 2. The first-order valence-electron chi connectivity index (χ1n) is 6.09. The summed E-state index contributed by atoms with van der Waals surface area (Å²) in [6.45, 7) is 4.84. The molecule has 0 aromatic carbocycles. The summed E-state index contributed by atoms with van der Waals surface area (Å²) in [5.41, 5.74) is 1.59. The fraction of sp³-hybridized carbons (Fsp3) is 0.500. The number of aryl methyl sites for hydroxylation is 1. The van der Waals surface area contributed by atoms with Crippen LogP contribution in [-0.2, 0) is 0 Å². The highest BCUT2D eigenvalue weighted by Gasteiger charge is 2.18. The topological polar surface area (TPSA) is 78.0 Å². The van der Waals surface area contributed by atoms with Crippen LogP contribution in [0.5, 0.6) is 0 Å². The van der Waals surface area contributed by atoms with Gasteiger partial charge in [0.05, 0.1) is 10.2 Å². The fourth-order valence-corrected chi connectivity index (χ4v) is 2.94. The Morgan fingerprint density at radius 2 is 2.28 bits per heavy atom. The molecule has 98 valence electrons. The quantitative estimate of drug-likeness (QED) is 0.702. The number of nitrogens with zero attached hydrogens (tertiary/aromatic N) is 1. The molecule has 0 aliphatic heterocycles. The van der Waals surface area contributed by atoms with E-state index in [2.05, 4.69) is 22.4 Å². The van der Waals surface area contributed by atoms with Crippen LogP contribution in [0.15, 0.2) is 0 Å². The maximum absolute atomic E-state index is 11.1. The summed E-state index contributed by atoms with van der Waals surface area (Å²) in [7, 11) is 0. The van der Waals surface area contributed by atoms with Gasteiger partial charge in [-0.1, -0.05) is 19.8 Å². The number of H-pyrrole nitrogens is 1. The van der Waals surface area contributed by atoms with Crippen LogP contribution in [0.25, 0.3) is 10.2 Å². The van der Waals surface area contributed by atoms with Gasteiger partial charge in [0.2, 0.25) is 0 Å². The van der Waals surface area contributed by atoms with Gasteiger partial charge in [-0.15, -0.1) is 11.3 Å². The van der Waals surface area contributed by atoms with Crippen molar-refractivity contribution in [3.63, 3.8) is 0 Å². The molecule has 0 fully saturated rings. The lowest BCUT2D eigenvalue weighted by atomic mass is 10.2. The average molecular weight is 267 g/mol. The van der Waals surface area contributed by atoms with E-state index < -0.39 is 5.97 Å². The van der Waals surface area contributed by atoms with Gasteiger partial charge in [0.25, 0.3) is 0 Å². The number of carboxylic acids is 1. The Morgan fingerprint density at radius 3 is 2.94 bits per heavy atom. The Kier molecular flexibility index (Phi) is 3.86. The van der Waals surface area contributed by atoms with E-state index in [1.165, 1.54) is 24.2 Å². The highest BCUT2D eigenvalue weighted by Crippen LogP contribution is 2.34. The van der Waals surface area contributed by atoms with Gasteiger partial charge in [0, 0.05) is 12.1 Å². The maximum atomic E-state index is 11.1. The van der Waals surface area contributed by atoms with Gasteiger partial charge in [0.1, 0.15) is 4.88 Å². The summed E-state index contributed by atoms with van der Waals surface area (Å²) in [5.74, 6) is -0.110. The Balaban J connectivity index is 2.19. The molecular weight excluding hydrogens is 250 g/mol. The van der Waals surface area contributed by atoms with Gasteiger partial charge >= 0.3 is 5.97 Å². The number of nitrogens with one attached hydrogen (secondary N) is 2. The fourth-order valence-electron chi connectivity index (χ4n) is 1.88. The van der Waals surface area contributed by atoms with Crippen molar-refractivity contribution in [3.05, 3.63) is 10.4 Å². The van der Waals surface area contributed by atoms with Crippen LogP contribution in [0.2, 0.25) is 0 Å². The molecule has 0 saturated carbocycles. The molecule has 0 radical (unpaired) electrons. The second-order valence-electron chi connectivity index (χ2n) is 4.27. The number of carbonyl (C=O) groups is 1. The Hall–Kier alpha value is -1.56. The lowest BCUT2D eigenvalue weighted by molar-refractivity contribution is 0.0701. The van der Waals surface area contributed by atoms with Crippen LogP contribution in [0.4, 0.5) is 5.82 Å². The first-order valence-corrected chi connectivity index (χ1v) is 6.91. The molecule has 0 bridgehead atoms. The number of carboxylic acid groups (broad SMARTS) is 1. The number of aromatic nitrogens is 2. The maximum Gasteiger partial charge on any atom is 0.346 e. The molecule has 0 saturated heterocycles. The van der Waals surface area contributed by atoms with Crippen LogP contribution in [0, 0.1) is 6.92 Å². The van der Waals surface area contributed by atoms with Crippen molar-refractivity contribution in [2.75, 3.05) is 11.9 Å². The molecule has 6 heteroatoms. The third-order valence-electron chi connectivity index (χ3n) is 2.91. The van der Waals surface area contributed by atoms with E-state index in [9.17, 15) is 4.79 Å². The predicted molar refractivity (Wildman–Crippen MR) is 73.7 cm³/mol. The number of aromatic carboxylic acids is 1. The van der Waals surface area contributed by atoms with Crippen LogP contribution >= 0.6 is 11.3 Å². The minimum absolute atomic E-state index is 0.384. The van der Waals surface area contributed by atoms with Gasteiger partial charge in [-0.3, -0.25) is 5.10 Å². The van der Waals surface area contributed by atoms with Crippen molar-refractivity contribution < 1.29 is 9.90 Å². The molecular formula is C12H17N3O2S. The van der Waals surface area contributed by atoms with E-state index in [1.807, 2.05) is 0 Å². The Labute approximate surface area is 109 Å². The van der Waals surface area contributed by atoms with Gasteiger partial charge in [0.15, 0.2) is 5.82 Å². The minimum atomic E-state index is -0.876. The number of thiophene rings is 1. The third-order valence-corrected chi connectivity index (χ3v) is 4.19. The first kappa shape index (κ1) is 12.9. The minimum Gasteiger partial charge on any atom is -0.477 e. The van der Waals surface area contributed by atoms with Gasteiger partial charge < -0.3 is 10.4 Å². The number of anilines is 1. The van der Waals surface area contributed by atoms with Gasteiger partial charge in [-0.25, -0.2) is 4.79 Å². The molecule has 2 heterocycles. The number of fused-ring (bicyclic) bond motifs is 1. The zero-order chi connectivity index (χ0) is 13.1. The van der Waals surface area contributed by atoms with E-state index in [-0.39, 0.29) is 0 Å². The highest BCUT2D eigenvalue weighted by atomic mass is 32.1. The normalized spacial score (nSPS) is 11.0. The van der Waals surface area contributed by atoms with E-state index in [0.717, 1.165) is 34.6 Å². The van der Waals surface area contributed by atoms with Crippen molar-refractivity contribution in [2.24, 2.45) is 0 Å². The van der Waals surface area contributed by atoms with Gasteiger partial charge in [-0.05, 0) is 13.3 Å². The average Bonchev–Trinajstić information content (AvgIpc) is 2.86. The summed E-state index contributed by atoms with van der Waals surface area (Å²) in [5, 5.41) is 19.4. The molecule has 0 atom stereocenters. The summed E-state index contributed by atoms with van der Waals surface area (Å²) in [4.78, 5) is 11.4. The lowest BCUT2D eigenvalue weighted by Gasteiger charge is -2.00. The Morgan fingerprint density at radius 1 is 1.50 bits per heavy atom. The second-order valence-corrected chi connectivity index (χ2v) is 5.29. The molecule has 0 unspecified atom stereocenters. The summed E-state index contributed by atoms with van der Waals surface area (Å²) in [6.07, 6.45) is 3.46. The van der Waals surface area contributed by atoms with Crippen LogP contribution in [0.1, 0.15) is 41.4 Å². The van der Waals surface area contributed by atoms with E-state index in [1.54, 1.807) is 6.92 Å². The van der Waals surface area contributed by atoms with Crippen molar-refractivity contribution in [2.45, 2.75) is 33.1 Å². The van der Waals surface area contributed by atoms with Crippen LogP contribution in [-0.4, -0.2) is 27.8 Å². The number of rotatable bonds is 6. The molecule has 3 N–H and O–H groups in total.